The number of rotatable bonds is 6. The normalized spacial score (nSPS) is 17.7. The molecule has 1 aromatic carbocycles. The molecular formula is C21H32F3N3O3. The number of amides is 2. The van der Waals surface area contributed by atoms with Crippen molar-refractivity contribution in [1.29, 1.82) is 0 Å². The maximum absolute atomic E-state index is 13.8. The van der Waals surface area contributed by atoms with Crippen molar-refractivity contribution < 1.29 is 27.5 Å². The monoisotopic (exact) mass is 431 g/mol. The second-order valence-corrected chi connectivity index (χ2v) is 7.84. The van der Waals surface area contributed by atoms with Gasteiger partial charge in [0.25, 0.3) is 0 Å². The Kier molecular flexibility index (Phi) is 9.77. The van der Waals surface area contributed by atoms with Crippen LogP contribution in [0, 0.1) is 17.5 Å². The van der Waals surface area contributed by atoms with Crippen LogP contribution in [-0.2, 0) is 20.7 Å². The van der Waals surface area contributed by atoms with Crippen LogP contribution in [0.5, 0.6) is 0 Å². The molecule has 0 saturated carbocycles. The van der Waals surface area contributed by atoms with Crippen LogP contribution in [0.4, 0.5) is 13.2 Å². The van der Waals surface area contributed by atoms with E-state index >= 15 is 0 Å². The standard InChI is InChI=1S/C19H26F3N3O3.C2H6/c1-19(2,3)28-10-16-18(27)24-4-5-25(16)17(26)8-12(23)6-11-7-14(21)15(22)9-13(11)20;1-2/h7,9,12,16H,4-6,8,10,23H2,1-3H3,(H,24,27);1-2H3/t12-,16-;/m1./s1. The van der Waals surface area contributed by atoms with Gasteiger partial charge in [-0.15, -0.1) is 0 Å². The molecule has 30 heavy (non-hydrogen) atoms. The zero-order valence-electron chi connectivity index (χ0n) is 18.2. The Morgan fingerprint density at radius 1 is 1.23 bits per heavy atom. The minimum absolute atomic E-state index is 0.0358. The summed E-state index contributed by atoms with van der Waals surface area (Å²) in [6.07, 6.45) is -0.310. The molecular weight excluding hydrogens is 399 g/mol. The molecule has 1 aliphatic rings. The van der Waals surface area contributed by atoms with Crippen molar-refractivity contribution in [3.05, 3.63) is 35.1 Å². The molecule has 1 heterocycles. The SMILES string of the molecule is CC.CC(C)(C)OC[C@@H]1C(=O)NCCN1C(=O)C[C@H](N)Cc1cc(F)c(F)cc1F. The first-order valence-electron chi connectivity index (χ1n) is 10.1. The first-order valence-corrected chi connectivity index (χ1v) is 10.1. The highest BCUT2D eigenvalue weighted by molar-refractivity contribution is 5.89. The molecule has 0 unspecified atom stereocenters. The molecule has 2 amide bonds. The number of nitrogens with one attached hydrogen (secondary N) is 1. The quantitative estimate of drug-likeness (QED) is 0.678. The van der Waals surface area contributed by atoms with Crippen molar-refractivity contribution in [3.63, 3.8) is 0 Å². The lowest BCUT2D eigenvalue weighted by Gasteiger charge is -2.36. The largest absolute Gasteiger partial charge is 0.373 e. The van der Waals surface area contributed by atoms with Gasteiger partial charge in [0.1, 0.15) is 11.9 Å². The highest BCUT2D eigenvalue weighted by atomic mass is 19.2. The fourth-order valence-corrected chi connectivity index (χ4v) is 2.92. The molecule has 1 aliphatic heterocycles. The van der Waals surface area contributed by atoms with Crippen molar-refractivity contribution in [1.82, 2.24) is 10.2 Å². The van der Waals surface area contributed by atoms with Crippen LogP contribution in [0.15, 0.2) is 12.1 Å². The average molecular weight is 431 g/mol. The minimum atomic E-state index is -1.29. The first-order chi connectivity index (χ1) is 14.0. The lowest BCUT2D eigenvalue weighted by atomic mass is 10.0. The summed E-state index contributed by atoms with van der Waals surface area (Å²) < 4.78 is 45.8. The Morgan fingerprint density at radius 3 is 2.43 bits per heavy atom. The molecule has 0 aliphatic carbocycles. The summed E-state index contributed by atoms with van der Waals surface area (Å²) in [4.78, 5) is 26.2. The third-order valence-electron chi connectivity index (χ3n) is 4.33. The number of nitrogens with zero attached hydrogens (tertiary/aromatic N) is 1. The van der Waals surface area contributed by atoms with Crippen LogP contribution in [-0.4, -0.2) is 54.1 Å². The minimum Gasteiger partial charge on any atom is -0.373 e. The van der Waals surface area contributed by atoms with Gasteiger partial charge in [0.2, 0.25) is 11.8 Å². The van der Waals surface area contributed by atoms with E-state index in [4.69, 9.17) is 10.5 Å². The molecule has 2 rings (SSSR count). The van der Waals surface area contributed by atoms with Gasteiger partial charge in [0, 0.05) is 31.6 Å². The second-order valence-electron chi connectivity index (χ2n) is 7.84. The summed E-state index contributed by atoms with van der Waals surface area (Å²) in [6.45, 7) is 10.2. The van der Waals surface area contributed by atoms with Crippen molar-refractivity contribution in [2.75, 3.05) is 19.7 Å². The van der Waals surface area contributed by atoms with E-state index in [-0.39, 0.29) is 36.8 Å². The number of nitrogens with two attached hydrogens (primary N) is 1. The van der Waals surface area contributed by atoms with Gasteiger partial charge in [-0.1, -0.05) is 13.8 Å². The van der Waals surface area contributed by atoms with Crippen LogP contribution in [0.25, 0.3) is 0 Å². The summed E-state index contributed by atoms with van der Waals surface area (Å²) in [7, 11) is 0. The molecule has 3 N–H and O–H groups in total. The molecule has 0 bridgehead atoms. The van der Waals surface area contributed by atoms with Crippen molar-refractivity contribution >= 4 is 11.8 Å². The number of hydrogen-bond acceptors (Lipinski definition) is 4. The summed E-state index contributed by atoms with van der Waals surface area (Å²) in [5.41, 5.74) is 5.34. The van der Waals surface area contributed by atoms with Gasteiger partial charge < -0.3 is 20.7 Å². The lowest BCUT2D eigenvalue weighted by Crippen LogP contribution is -2.60. The third kappa shape index (κ3) is 7.60. The Morgan fingerprint density at radius 2 is 1.83 bits per heavy atom. The number of benzene rings is 1. The Balaban J connectivity index is 0.00000218. The van der Waals surface area contributed by atoms with E-state index in [1.165, 1.54) is 4.90 Å². The van der Waals surface area contributed by atoms with Crippen LogP contribution < -0.4 is 11.1 Å². The predicted molar refractivity (Wildman–Crippen MR) is 108 cm³/mol. The van der Waals surface area contributed by atoms with Gasteiger partial charge in [-0.05, 0) is 38.8 Å². The molecule has 2 atom stereocenters. The van der Waals surface area contributed by atoms with Crippen LogP contribution >= 0.6 is 0 Å². The van der Waals surface area contributed by atoms with E-state index in [0.717, 1.165) is 6.07 Å². The fraction of sp³-hybridized carbons (Fsp3) is 0.619. The lowest BCUT2D eigenvalue weighted by molar-refractivity contribution is -0.148. The second kappa shape index (κ2) is 11.3. The molecule has 6 nitrogen and oxygen atoms in total. The number of halogens is 3. The fourth-order valence-electron chi connectivity index (χ4n) is 2.92. The van der Waals surface area contributed by atoms with Crippen LogP contribution in [0.3, 0.4) is 0 Å². The van der Waals surface area contributed by atoms with Gasteiger partial charge in [-0.2, -0.15) is 0 Å². The van der Waals surface area contributed by atoms with Gasteiger partial charge in [-0.3, -0.25) is 9.59 Å². The highest BCUT2D eigenvalue weighted by Crippen LogP contribution is 2.17. The number of carbonyl (C=O) groups is 2. The zero-order valence-corrected chi connectivity index (χ0v) is 18.2. The topological polar surface area (TPSA) is 84.7 Å². The summed E-state index contributed by atoms with van der Waals surface area (Å²) in [5.74, 6) is -4.08. The van der Waals surface area contributed by atoms with Gasteiger partial charge >= 0.3 is 0 Å². The molecule has 170 valence electrons. The molecule has 0 radical (unpaired) electrons. The van der Waals surface area contributed by atoms with Gasteiger partial charge in [0.15, 0.2) is 11.6 Å². The molecule has 0 spiro atoms. The summed E-state index contributed by atoms with van der Waals surface area (Å²) >= 11 is 0. The van der Waals surface area contributed by atoms with Crippen molar-refractivity contribution in [2.24, 2.45) is 5.73 Å². The summed E-state index contributed by atoms with van der Waals surface area (Å²) in [6, 6.07) is -0.411. The Bertz CT molecular complexity index is 738. The number of carbonyl (C=O) groups excluding carboxylic acids is 2. The number of piperazine rings is 1. The van der Waals surface area contributed by atoms with E-state index in [1.54, 1.807) is 0 Å². The first kappa shape index (κ1) is 25.9. The molecule has 1 aromatic rings. The molecule has 0 aromatic heterocycles. The third-order valence-corrected chi connectivity index (χ3v) is 4.33. The van der Waals surface area contributed by atoms with E-state index in [2.05, 4.69) is 5.32 Å². The average Bonchev–Trinajstić information content (AvgIpc) is 2.65. The number of ether oxygens (including phenoxy) is 1. The van der Waals surface area contributed by atoms with E-state index in [9.17, 15) is 22.8 Å². The molecule has 9 heteroatoms. The van der Waals surface area contributed by atoms with E-state index in [0.29, 0.717) is 19.2 Å². The predicted octanol–water partition coefficient (Wildman–Crippen LogP) is 2.53. The molecule has 1 saturated heterocycles. The van der Waals surface area contributed by atoms with Crippen LogP contribution in [0.2, 0.25) is 0 Å². The van der Waals surface area contributed by atoms with Gasteiger partial charge in [-0.25, -0.2) is 13.2 Å². The maximum Gasteiger partial charge on any atom is 0.245 e. The smallest absolute Gasteiger partial charge is 0.245 e. The summed E-state index contributed by atoms with van der Waals surface area (Å²) in [5, 5.41) is 2.69. The van der Waals surface area contributed by atoms with Gasteiger partial charge in [0.05, 0.1) is 12.2 Å². The molecule has 1 fully saturated rings. The Labute approximate surface area is 175 Å². The number of hydrogen-bond donors (Lipinski definition) is 2. The zero-order chi connectivity index (χ0) is 23.1. The van der Waals surface area contributed by atoms with E-state index < -0.39 is 35.1 Å². The Hall–Kier alpha value is -2.13. The highest BCUT2D eigenvalue weighted by Gasteiger charge is 2.34. The van der Waals surface area contributed by atoms with Crippen molar-refractivity contribution in [2.45, 2.75) is 65.1 Å². The maximum atomic E-state index is 13.8. The van der Waals surface area contributed by atoms with Crippen LogP contribution in [0.1, 0.15) is 46.6 Å². The van der Waals surface area contributed by atoms with E-state index in [1.807, 2.05) is 34.6 Å². The van der Waals surface area contributed by atoms with Crippen molar-refractivity contribution in [3.8, 4) is 0 Å².